The third-order valence-electron chi connectivity index (χ3n) is 3.51. The Kier molecular flexibility index (Phi) is 3.71. The maximum atomic E-state index is 11.8. The van der Waals surface area contributed by atoms with Crippen LogP contribution in [0.25, 0.3) is 0 Å². The van der Waals surface area contributed by atoms with E-state index in [-0.39, 0.29) is 5.78 Å². The van der Waals surface area contributed by atoms with Crippen LogP contribution in [0.15, 0.2) is 24.4 Å². The van der Waals surface area contributed by atoms with E-state index < -0.39 is 0 Å². The molecular weight excluding hydrogens is 280 g/mol. The first-order valence-corrected chi connectivity index (χ1v) is 6.95. The summed E-state index contributed by atoms with van der Waals surface area (Å²) in [7, 11) is 1.54. The molecule has 0 saturated heterocycles. The predicted molar refractivity (Wildman–Crippen MR) is 80.3 cm³/mol. The number of carbonyl (C=O) groups is 1. The van der Waals surface area contributed by atoms with E-state index >= 15 is 0 Å². The van der Waals surface area contributed by atoms with Crippen LogP contribution in [0, 0.1) is 11.3 Å². The van der Waals surface area contributed by atoms with Crippen molar-refractivity contribution < 1.29 is 9.53 Å². The summed E-state index contributed by atoms with van der Waals surface area (Å²) in [6.45, 7) is 0. The van der Waals surface area contributed by atoms with Crippen LogP contribution in [0.2, 0.25) is 0 Å². The third kappa shape index (κ3) is 2.74. The Morgan fingerprint density at radius 2 is 2.18 bits per heavy atom. The third-order valence-corrected chi connectivity index (χ3v) is 3.51. The Labute approximate surface area is 127 Å². The van der Waals surface area contributed by atoms with Gasteiger partial charge in [-0.1, -0.05) is 0 Å². The summed E-state index contributed by atoms with van der Waals surface area (Å²) in [6.07, 6.45) is 3.72. The van der Waals surface area contributed by atoms with Crippen molar-refractivity contribution in [1.82, 2.24) is 9.97 Å². The van der Waals surface area contributed by atoms with E-state index in [9.17, 15) is 4.79 Å². The minimum atomic E-state index is 0.0981. The summed E-state index contributed by atoms with van der Waals surface area (Å²) in [4.78, 5) is 20.4. The van der Waals surface area contributed by atoms with Crippen LogP contribution in [0.1, 0.15) is 34.5 Å². The number of fused-ring (bicyclic) bond motifs is 1. The van der Waals surface area contributed by atoms with Gasteiger partial charge >= 0.3 is 0 Å². The lowest BCUT2D eigenvalue weighted by atomic mass is 9.96. The van der Waals surface area contributed by atoms with Gasteiger partial charge < -0.3 is 10.1 Å². The zero-order valence-corrected chi connectivity index (χ0v) is 12.1. The Bertz CT molecular complexity index is 780. The molecule has 2 aromatic rings. The van der Waals surface area contributed by atoms with Crippen molar-refractivity contribution in [3.63, 3.8) is 0 Å². The van der Waals surface area contributed by atoms with Crippen LogP contribution in [0.5, 0.6) is 5.75 Å². The topological polar surface area (TPSA) is 87.9 Å². The van der Waals surface area contributed by atoms with E-state index in [0.717, 1.165) is 18.5 Å². The average molecular weight is 294 g/mol. The Hall–Kier alpha value is -2.94. The maximum absolute atomic E-state index is 11.8. The second-order valence-corrected chi connectivity index (χ2v) is 5.02. The molecule has 0 bridgehead atoms. The van der Waals surface area contributed by atoms with Crippen LogP contribution >= 0.6 is 0 Å². The molecule has 1 aromatic carbocycles. The molecule has 1 heterocycles. The van der Waals surface area contributed by atoms with Crippen molar-refractivity contribution in [2.24, 2.45) is 0 Å². The summed E-state index contributed by atoms with van der Waals surface area (Å²) in [5, 5.41) is 12.1. The molecule has 1 aromatic heterocycles. The van der Waals surface area contributed by atoms with E-state index in [1.165, 1.54) is 0 Å². The second kappa shape index (κ2) is 5.82. The molecule has 0 spiro atoms. The van der Waals surface area contributed by atoms with Crippen LogP contribution in [-0.2, 0) is 6.42 Å². The van der Waals surface area contributed by atoms with Gasteiger partial charge in [0.2, 0.25) is 5.95 Å². The van der Waals surface area contributed by atoms with E-state index in [2.05, 4.69) is 21.4 Å². The summed E-state index contributed by atoms with van der Waals surface area (Å²) in [6, 6.07) is 7.18. The minimum absolute atomic E-state index is 0.0981. The van der Waals surface area contributed by atoms with Gasteiger partial charge in [0.1, 0.15) is 5.75 Å². The van der Waals surface area contributed by atoms with Crippen molar-refractivity contribution >= 4 is 17.4 Å². The second-order valence-electron chi connectivity index (χ2n) is 5.02. The van der Waals surface area contributed by atoms with Crippen LogP contribution < -0.4 is 10.1 Å². The molecule has 6 heteroatoms. The summed E-state index contributed by atoms with van der Waals surface area (Å²) >= 11 is 0. The summed E-state index contributed by atoms with van der Waals surface area (Å²) in [5.41, 5.74) is 2.53. The fourth-order valence-corrected chi connectivity index (χ4v) is 2.43. The highest BCUT2D eigenvalue weighted by Crippen LogP contribution is 2.24. The number of nitrogens with zero attached hydrogens (tertiary/aromatic N) is 3. The lowest BCUT2D eigenvalue weighted by Crippen LogP contribution is -2.14. The van der Waals surface area contributed by atoms with E-state index in [0.29, 0.717) is 34.9 Å². The zero-order chi connectivity index (χ0) is 15.5. The monoisotopic (exact) mass is 294 g/mol. The smallest absolute Gasteiger partial charge is 0.227 e. The van der Waals surface area contributed by atoms with Crippen molar-refractivity contribution in [3.8, 4) is 11.8 Å². The van der Waals surface area contributed by atoms with Crippen LogP contribution in [0.3, 0.4) is 0 Å². The van der Waals surface area contributed by atoms with Gasteiger partial charge in [-0.2, -0.15) is 5.26 Å². The number of hydrogen-bond donors (Lipinski definition) is 1. The summed E-state index contributed by atoms with van der Waals surface area (Å²) in [5.74, 6) is 1.08. The molecule has 3 rings (SSSR count). The number of Topliss-reactive ketones (excluding diaryl/α,β-unsaturated/α-hetero) is 1. The molecule has 0 fully saturated rings. The zero-order valence-electron chi connectivity index (χ0n) is 12.1. The number of aromatic nitrogens is 2. The molecule has 110 valence electrons. The first-order chi connectivity index (χ1) is 10.7. The van der Waals surface area contributed by atoms with Crippen molar-refractivity contribution in [3.05, 3.63) is 41.2 Å². The molecule has 1 aliphatic rings. The van der Waals surface area contributed by atoms with Gasteiger partial charge in [0.05, 0.1) is 30.0 Å². The SMILES string of the molecule is COc1cc(C#N)cc(Nc2ncc3c(n2)CCCC3=O)c1. The normalized spacial score (nSPS) is 13.2. The number of benzene rings is 1. The predicted octanol–water partition coefficient (Wildman–Crippen LogP) is 2.62. The van der Waals surface area contributed by atoms with Gasteiger partial charge in [-0.25, -0.2) is 9.97 Å². The Morgan fingerprint density at radius 1 is 1.32 bits per heavy atom. The minimum Gasteiger partial charge on any atom is -0.497 e. The fourth-order valence-electron chi connectivity index (χ4n) is 2.43. The standard InChI is InChI=1S/C16H14N4O2/c1-22-12-6-10(8-17)5-11(7-12)19-16-18-9-13-14(20-16)3-2-4-15(13)21/h5-7,9H,2-4H2,1H3,(H,18,19,20). The van der Waals surface area contributed by atoms with Crippen molar-refractivity contribution in [2.45, 2.75) is 19.3 Å². The number of ketones is 1. The number of anilines is 2. The van der Waals surface area contributed by atoms with E-state index in [1.807, 2.05) is 0 Å². The number of carbonyl (C=O) groups excluding carboxylic acids is 1. The molecule has 0 radical (unpaired) electrons. The van der Waals surface area contributed by atoms with E-state index in [1.54, 1.807) is 31.5 Å². The molecule has 0 unspecified atom stereocenters. The molecule has 1 N–H and O–H groups in total. The van der Waals surface area contributed by atoms with Gasteiger partial charge in [-0.15, -0.1) is 0 Å². The van der Waals surface area contributed by atoms with Gasteiger partial charge in [0, 0.05) is 24.4 Å². The van der Waals surface area contributed by atoms with Crippen molar-refractivity contribution in [1.29, 1.82) is 5.26 Å². The van der Waals surface area contributed by atoms with Crippen LogP contribution in [0.4, 0.5) is 11.6 Å². The lowest BCUT2D eigenvalue weighted by molar-refractivity contribution is 0.0971. The maximum Gasteiger partial charge on any atom is 0.227 e. The molecule has 1 aliphatic carbocycles. The molecule has 0 saturated carbocycles. The Morgan fingerprint density at radius 3 is 2.95 bits per heavy atom. The number of ether oxygens (including phenoxy) is 1. The van der Waals surface area contributed by atoms with E-state index in [4.69, 9.17) is 10.00 Å². The highest BCUT2D eigenvalue weighted by atomic mass is 16.5. The molecule has 0 amide bonds. The quantitative estimate of drug-likeness (QED) is 0.936. The largest absolute Gasteiger partial charge is 0.497 e. The van der Waals surface area contributed by atoms with Gasteiger partial charge in [0.25, 0.3) is 0 Å². The molecular formula is C16H14N4O2. The number of nitriles is 1. The van der Waals surface area contributed by atoms with Crippen molar-refractivity contribution in [2.75, 3.05) is 12.4 Å². The first kappa shape index (κ1) is 14.0. The number of nitrogens with one attached hydrogen (secondary N) is 1. The van der Waals surface area contributed by atoms with Gasteiger partial charge in [-0.05, 0) is 25.0 Å². The average Bonchev–Trinajstić information content (AvgIpc) is 2.54. The summed E-state index contributed by atoms with van der Waals surface area (Å²) < 4.78 is 5.16. The number of rotatable bonds is 3. The number of aryl methyl sites for hydroxylation is 1. The van der Waals surface area contributed by atoms with Gasteiger partial charge in [-0.3, -0.25) is 4.79 Å². The number of hydrogen-bond acceptors (Lipinski definition) is 6. The highest BCUT2D eigenvalue weighted by molar-refractivity contribution is 5.97. The van der Waals surface area contributed by atoms with Gasteiger partial charge in [0.15, 0.2) is 5.78 Å². The molecule has 0 aliphatic heterocycles. The molecule has 0 atom stereocenters. The number of methoxy groups -OCH3 is 1. The first-order valence-electron chi connectivity index (χ1n) is 6.95. The molecule has 6 nitrogen and oxygen atoms in total. The fraction of sp³-hybridized carbons (Fsp3) is 0.250. The molecule has 22 heavy (non-hydrogen) atoms. The van der Waals surface area contributed by atoms with Crippen LogP contribution in [-0.4, -0.2) is 22.9 Å². The Balaban J connectivity index is 1.91. The highest BCUT2D eigenvalue weighted by Gasteiger charge is 2.19. The lowest BCUT2D eigenvalue weighted by Gasteiger charge is -2.14.